The second-order valence-corrected chi connectivity index (χ2v) is 2.71. The molecule has 0 bridgehead atoms. The average molecular weight is 198 g/mol. The number of esters is 1. The van der Waals surface area contributed by atoms with Gasteiger partial charge in [-0.15, -0.1) is 0 Å². The van der Waals surface area contributed by atoms with Gasteiger partial charge in [-0.25, -0.2) is 9.59 Å². The highest BCUT2D eigenvalue weighted by Crippen LogP contribution is 2.07. The van der Waals surface area contributed by atoms with Crippen LogP contribution in [0.2, 0.25) is 0 Å². The topological polar surface area (TPSA) is 81.4 Å². The van der Waals surface area contributed by atoms with E-state index >= 15 is 0 Å². The Morgan fingerprint density at radius 1 is 1.64 bits per heavy atom. The molecular weight excluding hydrogens is 188 g/mol. The zero-order valence-electron chi connectivity index (χ0n) is 7.80. The van der Waals surface area contributed by atoms with E-state index in [0.29, 0.717) is 0 Å². The lowest BCUT2D eigenvalue weighted by molar-refractivity contribution is -0.140. The first-order valence-corrected chi connectivity index (χ1v) is 3.91. The Balaban J connectivity index is 2.88. The molecule has 0 aliphatic heterocycles. The number of aliphatic carboxylic acids is 1. The summed E-state index contributed by atoms with van der Waals surface area (Å²) in [5.74, 6) is -1.54. The normalized spacial score (nSPS) is 12.1. The van der Waals surface area contributed by atoms with Crippen LogP contribution in [-0.2, 0) is 9.53 Å². The number of carbonyl (C=O) groups is 2. The molecule has 0 amide bonds. The number of nitrogens with zero attached hydrogens (tertiary/aromatic N) is 2. The molecule has 0 radical (unpaired) electrons. The molecule has 1 heterocycles. The van der Waals surface area contributed by atoms with Gasteiger partial charge < -0.3 is 9.84 Å². The van der Waals surface area contributed by atoms with Gasteiger partial charge in [-0.1, -0.05) is 0 Å². The summed E-state index contributed by atoms with van der Waals surface area (Å²) in [6.07, 6.45) is 2.61. The molecule has 14 heavy (non-hydrogen) atoms. The Labute approximate surface area is 80.1 Å². The molecule has 1 rings (SSSR count). The Bertz CT molecular complexity index is 358. The summed E-state index contributed by atoms with van der Waals surface area (Å²) in [7, 11) is 1.25. The molecule has 0 aliphatic carbocycles. The van der Waals surface area contributed by atoms with Crippen LogP contribution < -0.4 is 0 Å². The van der Waals surface area contributed by atoms with Crippen LogP contribution in [-0.4, -0.2) is 33.9 Å². The molecule has 0 aromatic carbocycles. The fourth-order valence-electron chi connectivity index (χ4n) is 0.886. The van der Waals surface area contributed by atoms with Crippen LogP contribution in [0.4, 0.5) is 0 Å². The van der Waals surface area contributed by atoms with Gasteiger partial charge in [0.05, 0.1) is 18.9 Å². The van der Waals surface area contributed by atoms with Gasteiger partial charge in [0.1, 0.15) is 6.04 Å². The third-order valence-electron chi connectivity index (χ3n) is 1.78. The number of hydrogen-bond acceptors (Lipinski definition) is 4. The minimum atomic E-state index is -1.01. The summed E-state index contributed by atoms with van der Waals surface area (Å²) in [6.45, 7) is 1.47. The van der Waals surface area contributed by atoms with E-state index < -0.39 is 18.0 Å². The molecule has 1 unspecified atom stereocenters. The van der Waals surface area contributed by atoms with Crippen LogP contribution in [0, 0.1) is 0 Å². The maximum atomic E-state index is 11.0. The van der Waals surface area contributed by atoms with Crippen molar-refractivity contribution in [1.29, 1.82) is 0 Å². The lowest BCUT2D eigenvalue weighted by atomic mass is 10.3. The number of rotatable bonds is 3. The predicted octanol–water partition coefficient (Wildman–Crippen LogP) is 0.315. The molecule has 1 aromatic heterocycles. The summed E-state index contributed by atoms with van der Waals surface area (Å²) in [5, 5.41) is 12.4. The highest BCUT2D eigenvalue weighted by Gasteiger charge is 2.16. The smallest absolute Gasteiger partial charge is 0.341 e. The first-order chi connectivity index (χ1) is 6.56. The summed E-state index contributed by atoms with van der Waals surface area (Å²) in [4.78, 5) is 21.6. The van der Waals surface area contributed by atoms with Crippen molar-refractivity contribution in [2.24, 2.45) is 0 Å². The largest absolute Gasteiger partial charge is 0.480 e. The van der Waals surface area contributed by atoms with E-state index in [4.69, 9.17) is 5.11 Å². The Morgan fingerprint density at radius 2 is 2.29 bits per heavy atom. The number of hydrogen-bond donors (Lipinski definition) is 1. The summed E-state index contributed by atoms with van der Waals surface area (Å²) in [6, 6.07) is -0.798. The van der Waals surface area contributed by atoms with E-state index in [0.717, 1.165) is 0 Å². The average Bonchev–Trinajstić information content (AvgIpc) is 2.64. The molecule has 76 valence electrons. The van der Waals surface area contributed by atoms with E-state index in [1.807, 2.05) is 0 Å². The first-order valence-electron chi connectivity index (χ1n) is 3.91. The number of carbonyl (C=O) groups excluding carboxylic acids is 1. The SMILES string of the molecule is COC(=O)c1cnn(C(C)C(=O)O)c1. The lowest BCUT2D eigenvalue weighted by Gasteiger charge is -2.04. The molecule has 0 aliphatic rings. The van der Waals surface area contributed by atoms with E-state index in [2.05, 4.69) is 9.84 Å². The zero-order chi connectivity index (χ0) is 10.7. The Kier molecular flexibility index (Phi) is 2.85. The summed E-state index contributed by atoms with van der Waals surface area (Å²) >= 11 is 0. The predicted molar refractivity (Wildman–Crippen MR) is 45.9 cm³/mol. The molecular formula is C8H10N2O4. The van der Waals surface area contributed by atoms with Crippen molar-refractivity contribution in [2.45, 2.75) is 13.0 Å². The van der Waals surface area contributed by atoms with Crippen molar-refractivity contribution < 1.29 is 19.4 Å². The molecule has 1 atom stereocenters. The van der Waals surface area contributed by atoms with Gasteiger partial charge >= 0.3 is 11.9 Å². The molecule has 0 spiro atoms. The van der Waals surface area contributed by atoms with Gasteiger partial charge in [0.25, 0.3) is 0 Å². The van der Waals surface area contributed by atoms with Crippen molar-refractivity contribution in [3.05, 3.63) is 18.0 Å². The lowest BCUT2D eigenvalue weighted by Crippen LogP contribution is -2.15. The summed E-state index contributed by atoms with van der Waals surface area (Å²) in [5.41, 5.74) is 0.237. The minimum absolute atomic E-state index is 0.237. The second-order valence-electron chi connectivity index (χ2n) is 2.71. The fraction of sp³-hybridized carbons (Fsp3) is 0.375. The minimum Gasteiger partial charge on any atom is -0.480 e. The highest BCUT2D eigenvalue weighted by molar-refractivity contribution is 5.88. The molecule has 0 saturated heterocycles. The van der Waals surface area contributed by atoms with Crippen LogP contribution in [0.5, 0.6) is 0 Å². The van der Waals surface area contributed by atoms with Crippen molar-refractivity contribution >= 4 is 11.9 Å². The molecule has 0 fully saturated rings. The number of methoxy groups -OCH3 is 1. The van der Waals surface area contributed by atoms with Gasteiger partial charge in [0.2, 0.25) is 0 Å². The summed E-state index contributed by atoms with van der Waals surface area (Å²) < 4.78 is 5.64. The number of carboxylic acid groups (broad SMARTS) is 1. The second kappa shape index (κ2) is 3.91. The Morgan fingerprint density at radius 3 is 2.79 bits per heavy atom. The number of carboxylic acids is 1. The highest BCUT2D eigenvalue weighted by atomic mass is 16.5. The monoisotopic (exact) mass is 198 g/mol. The number of ether oxygens (including phenoxy) is 1. The van der Waals surface area contributed by atoms with Crippen molar-refractivity contribution in [1.82, 2.24) is 9.78 Å². The molecule has 1 N–H and O–H groups in total. The van der Waals surface area contributed by atoms with Crippen molar-refractivity contribution in [3.8, 4) is 0 Å². The number of aromatic nitrogens is 2. The molecule has 6 heteroatoms. The Hall–Kier alpha value is -1.85. The molecule has 6 nitrogen and oxygen atoms in total. The third kappa shape index (κ3) is 1.90. The van der Waals surface area contributed by atoms with Gasteiger partial charge in [-0.3, -0.25) is 4.68 Å². The van der Waals surface area contributed by atoms with Crippen LogP contribution in [0.3, 0.4) is 0 Å². The van der Waals surface area contributed by atoms with Crippen LogP contribution in [0.15, 0.2) is 12.4 Å². The van der Waals surface area contributed by atoms with Gasteiger partial charge in [0, 0.05) is 6.20 Å². The van der Waals surface area contributed by atoms with Crippen molar-refractivity contribution in [2.75, 3.05) is 7.11 Å². The van der Waals surface area contributed by atoms with E-state index in [9.17, 15) is 9.59 Å². The molecule has 0 saturated carbocycles. The van der Waals surface area contributed by atoms with E-state index in [-0.39, 0.29) is 5.56 Å². The van der Waals surface area contributed by atoms with Gasteiger partial charge in [-0.05, 0) is 6.92 Å². The van der Waals surface area contributed by atoms with Gasteiger partial charge in [-0.2, -0.15) is 5.10 Å². The van der Waals surface area contributed by atoms with Crippen LogP contribution in [0.25, 0.3) is 0 Å². The van der Waals surface area contributed by atoms with Crippen LogP contribution >= 0.6 is 0 Å². The van der Waals surface area contributed by atoms with Crippen LogP contribution in [0.1, 0.15) is 23.3 Å². The maximum absolute atomic E-state index is 11.0. The quantitative estimate of drug-likeness (QED) is 0.707. The first kappa shape index (κ1) is 10.2. The van der Waals surface area contributed by atoms with Crippen molar-refractivity contribution in [3.63, 3.8) is 0 Å². The third-order valence-corrected chi connectivity index (χ3v) is 1.78. The van der Waals surface area contributed by atoms with Gasteiger partial charge in [0.15, 0.2) is 0 Å². The zero-order valence-corrected chi connectivity index (χ0v) is 7.80. The standard InChI is InChI=1S/C8H10N2O4/c1-5(7(11)12)10-4-6(3-9-10)8(13)14-2/h3-5H,1-2H3,(H,11,12). The molecule has 1 aromatic rings. The fourth-order valence-corrected chi connectivity index (χ4v) is 0.886. The van der Waals surface area contributed by atoms with E-state index in [1.165, 1.54) is 31.1 Å². The van der Waals surface area contributed by atoms with E-state index in [1.54, 1.807) is 0 Å². The maximum Gasteiger partial charge on any atom is 0.341 e.